The fourth-order valence-corrected chi connectivity index (χ4v) is 3.46. The molecule has 0 aliphatic heterocycles. The molecule has 4 aromatic rings. The van der Waals surface area contributed by atoms with E-state index in [2.05, 4.69) is 20.5 Å². The number of hydrogen-bond donors (Lipinski definition) is 1. The van der Waals surface area contributed by atoms with Gasteiger partial charge in [0.2, 0.25) is 0 Å². The van der Waals surface area contributed by atoms with Gasteiger partial charge in [-0.2, -0.15) is 23.4 Å². The summed E-state index contributed by atoms with van der Waals surface area (Å²) in [6, 6.07) is 9.46. The number of benzene rings is 1. The zero-order valence-electron chi connectivity index (χ0n) is 18.4. The van der Waals surface area contributed by atoms with Crippen LogP contribution in [0.1, 0.15) is 39.4 Å². The topological polar surface area (TPSA) is 77.1 Å². The second-order valence-electron chi connectivity index (χ2n) is 7.95. The molecule has 0 spiro atoms. The smallest absolute Gasteiger partial charge is 0.351 e. The van der Waals surface area contributed by atoms with E-state index in [1.807, 2.05) is 39.1 Å². The third-order valence-corrected chi connectivity index (χ3v) is 5.38. The lowest BCUT2D eigenvalue weighted by Crippen LogP contribution is -2.26. The summed E-state index contributed by atoms with van der Waals surface area (Å²) in [6.07, 6.45) is -2.21. The number of nitrogens with one attached hydrogen (secondary N) is 1. The number of hydrogen-bond acceptors (Lipinski definition) is 4. The van der Waals surface area contributed by atoms with Gasteiger partial charge in [-0.25, -0.2) is 9.50 Å². The molecule has 3 heterocycles. The fraction of sp³-hybridized carbons (Fsp3) is 0.304. The maximum atomic E-state index is 13.8. The Morgan fingerprint density at radius 1 is 1.03 bits per heavy atom. The molecule has 1 amide bonds. The van der Waals surface area contributed by atoms with Gasteiger partial charge >= 0.3 is 6.18 Å². The summed E-state index contributed by atoms with van der Waals surface area (Å²) < 4.78 is 43.8. The molecular weight excluding hydrogens is 433 g/mol. The molecule has 0 fully saturated rings. The van der Waals surface area contributed by atoms with Gasteiger partial charge in [0, 0.05) is 30.9 Å². The first-order chi connectivity index (χ1) is 15.6. The van der Waals surface area contributed by atoms with E-state index in [1.165, 1.54) is 6.07 Å². The number of amides is 1. The number of nitrogens with zero attached hydrogens (tertiary/aromatic N) is 5. The largest absolute Gasteiger partial charge is 0.433 e. The molecule has 1 aromatic carbocycles. The van der Waals surface area contributed by atoms with Crippen molar-refractivity contribution < 1.29 is 18.0 Å². The van der Waals surface area contributed by atoms with Gasteiger partial charge in [-0.3, -0.25) is 9.48 Å². The van der Waals surface area contributed by atoms with Crippen LogP contribution >= 0.6 is 0 Å². The van der Waals surface area contributed by atoms with Crippen LogP contribution in [0, 0.1) is 20.8 Å². The fourth-order valence-electron chi connectivity index (χ4n) is 3.46. The van der Waals surface area contributed by atoms with Crippen LogP contribution in [-0.4, -0.2) is 36.8 Å². The molecule has 0 bridgehead atoms. The van der Waals surface area contributed by atoms with Gasteiger partial charge in [0.1, 0.15) is 0 Å². The zero-order valence-corrected chi connectivity index (χ0v) is 18.4. The second-order valence-corrected chi connectivity index (χ2v) is 7.95. The summed E-state index contributed by atoms with van der Waals surface area (Å²) >= 11 is 0. The first-order valence-electron chi connectivity index (χ1n) is 10.5. The number of carbonyl (C=O) groups is 1. The maximum Gasteiger partial charge on any atom is 0.433 e. The van der Waals surface area contributed by atoms with E-state index in [4.69, 9.17) is 0 Å². The van der Waals surface area contributed by atoms with E-state index in [-0.39, 0.29) is 17.0 Å². The Hall–Kier alpha value is -3.69. The van der Waals surface area contributed by atoms with Crippen molar-refractivity contribution in [1.29, 1.82) is 0 Å². The van der Waals surface area contributed by atoms with Crippen LogP contribution < -0.4 is 5.32 Å². The number of alkyl halides is 3. The van der Waals surface area contributed by atoms with E-state index in [0.717, 1.165) is 22.9 Å². The van der Waals surface area contributed by atoms with Gasteiger partial charge in [0.05, 0.1) is 11.4 Å². The highest BCUT2D eigenvalue weighted by Crippen LogP contribution is 2.32. The van der Waals surface area contributed by atoms with Gasteiger partial charge in [-0.15, -0.1) is 0 Å². The van der Waals surface area contributed by atoms with Crippen molar-refractivity contribution in [3.8, 4) is 11.3 Å². The first-order valence-corrected chi connectivity index (χ1v) is 10.5. The molecule has 10 heteroatoms. The molecule has 33 heavy (non-hydrogen) atoms. The number of fused-ring (bicyclic) bond motifs is 1. The molecule has 0 saturated carbocycles. The molecule has 0 saturated heterocycles. The lowest BCUT2D eigenvalue weighted by molar-refractivity contribution is -0.142. The average Bonchev–Trinajstić information content (AvgIpc) is 3.37. The molecule has 4 rings (SSSR count). The van der Waals surface area contributed by atoms with Crippen molar-refractivity contribution >= 4 is 11.6 Å². The summed E-state index contributed by atoms with van der Waals surface area (Å²) in [6.45, 7) is 6.64. The maximum absolute atomic E-state index is 13.8. The summed E-state index contributed by atoms with van der Waals surface area (Å²) in [5, 5.41) is 10.8. The second kappa shape index (κ2) is 8.68. The minimum atomic E-state index is -4.67. The summed E-state index contributed by atoms with van der Waals surface area (Å²) in [4.78, 5) is 16.9. The van der Waals surface area contributed by atoms with Crippen LogP contribution in [0.4, 0.5) is 13.2 Å². The molecular formula is C23H23F3N6O. The SMILES string of the molecule is Cc1ccn(CCCNC(=O)c2cc3nc(-c4ccc(C)c(C)c4)cc(C(F)(F)F)n3n2)n1. The molecule has 172 valence electrons. The van der Waals surface area contributed by atoms with Crippen LogP contribution in [0.5, 0.6) is 0 Å². The lowest BCUT2D eigenvalue weighted by Gasteiger charge is -2.11. The van der Waals surface area contributed by atoms with E-state index < -0.39 is 17.8 Å². The minimum absolute atomic E-state index is 0.0461. The van der Waals surface area contributed by atoms with Crippen molar-refractivity contribution in [1.82, 2.24) is 29.7 Å². The normalized spacial score (nSPS) is 11.8. The molecule has 0 unspecified atom stereocenters. The van der Waals surface area contributed by atoms with E-state index in [1.54, 1.807) is 16.8 Å². The number of aromatic nitrogens is 5. The van der Waals surface area contributed by atoms with Crippen LogP contribution in [0.3, 0.4) is 0 Å². The van der Waals surface area contributed by atoms with Crippen molar-refractivity contribution in [2.24, 2.45) is 0 Å². The van der Waals surface area contributed by atoms with Gasteiger partial charge < -0.3 is 5.32 Å². The highest BCUT2D eigenvalue weighted by molar-refractivity contribution is 5.93. The molecule has 7 nitrogen and oxygen atoms in total. The third-order valence-electron chi connectivity index (χ3n) is 5.38. The molecule has 0 aliphatic carbocycles. The molecule has 3 aromatic heterocycles. The van der Waals surface area contributed by atoms with E-state index >= 15 is 0 Å². The Labute approximate surface area is 188 Å². The molecule has 1 N–H and O–H groups in total. The van der Waals surface area contributed by atoms with Crippen molar-refractivity contribution in [2.45, 2.75) is 39.9 Å². The van der Waals surface area contributed by atoms with Gasteiger partial charge in [0.15, 0.2) is 17.0 Å². The number of halogens is 3. The van der Waals surface area contributed by atoms with Gasteiger partial charge in [-0.05, 0) is 56.5 Å². The highest BCUT2D eigenvalue weighted by atomic mass is 19.4. The van der Waals surface area contributed by atoms with E-state index in [9.17, 15) is 18.0 Å². The zero-order chi connectivity index (χ0) is 23.8. The average molecular weight is 456 g/mol. The standard InChI is InChI=1S/C23H23F3N6O/c1-14-5-6-17(11-15(14)2)18-12-20(23(24,25)26)32-21(28-18)13-19(30-32)22(33)27-8-4-9-31-10-7-16(3)29-31/h5-7,10-13H,4,8-9H2,1-3H3,(H,27,33). The Bertz CT molecular complexity index is 1320. The summed E-state index contributed by atoms with van der Waals surface area (Å²) in [5.74, 6) is -0.557. The minimum Gasteiger partial charge on any atom is -0.351 e. The lowest BCUT2D eigenvalue weighted by atomic mass is 10.0. The Balaban J connectivity index is 1.58. The van der Waals surface area contributed by atoms with Crippen LogP contribution in [0.25, 0.3) is 16.9 Å². The van der Waals surface area contributed by atoms with Crippen molar-refractivity contribution in [3.05, 3.63) is 70.8 Å². The quantitative estimate of drug-likeness (QED) is 0.438. The Morgan fingerprint density at radius 3 is 2.48 bits per heavy atom. The number of rotatable bonds is 6. The van der Waals surface area contributed by atoms with Crippen LogP contribution in [-0.2, 0) is 12.7 Å². The van der Waals surface area contributed by atoms with Crippen molar-refractivity contribution in [2.75, 3.05) is 6.54 Å². The highest BCUT2D eigenvalue weighted by Gasteiger charge is 2.35. The monoisotopic (exact) mass is 456 g/mol. The van der Waals surface area contributed by atoms with Crippen LogP contribution in [0.2, 0.25) is 0 Å². The Morgan fingerprint density at radius 2 is 1.82 bits per heavy atom. The Kier molecular flexibility index (Phi) is 5.92. The molecule has 0 aliphatic rings. The predicted octanol–water partition coefficient (Wildman–Crippen LogP) is 4.36. The van der Waals surface area contributed by atoms with Gasteiger partial charge in [0.25, 0.3) is 5.91 Å². The molecule has 0 radical (unpaired) electrons. The van der Waals surface area contributed by atoms with Crippen LogP contribution in [0.15, 0.2) is 42.6 Å². The van der Waals surface area contributed by atoms with Crippen molar-refractivity contribution in [3.63, 3.8) is 0 Å². The predicted molar refractivity (Wildman–Crippen MR) is 117 cm³/mol. The summed E-state index contributed by atoms with van der Waals surface area (Å²) in [7, 11) is 0. The summed E-state index contributed by atoms with van der Waals surface area (Å²) in [5.41, 5.74) is 2.44. The van der Waals surface area contributed by atoms with Gasteiger partial charge in [-0.1, -0.05) is 12.1 Å². The third kappa shape index (κ3) is 4.89. The molecule has 0 atom stereocenters. The number of carbonyl (C=O) groups excluding carboxylic acids is 1. The first kappa shape index (κ1) is 22.5. The number of aryl methyl sites for hydroxylation is 4. The van der Waals surface area contributed by atoms with E-state index in [0.29, 0.717) is 29.6 Å².